The van der Waals surface area contributed by atoms with Crippen LogP contribution in [-0.2, 0) is 9.53 Å². The van der Waals surface area contributed by atoms with Crippen molar-refractivity contribution in [1.82, 2.24) is 9.88 Å². The number of carbonyl (C=O) groups excluding carboxylic acids is 2. The Morgan fingerprint density at radius 1 is 1.29 bits per heavy atom. The van der Waals surface area contributed by atoms with Crippen molar-refractivity contribution in [2.45, 2.75) is 25.3 Å². The molecule has 1 fully saturated rings. The summed E-state index contributed by atoms with van der Waals surface area (Å²) in [6, 6.07) is 9.10. The molecule has 21 heavy (non-hydrogen) atoms. The van der Waals surface area contributed by atoms with Crippen molar-refractivity contribution in [1.29, 1.82) is 0 Å². The number of likely N-dealkylation sites (tertiary alicyclic amines) is 1. The maximum Gasteiger partial charge on any atom is 0.328 e. The molecule has 2 aromatic rings. The topological polar surface area (TPSA) is 62.4 Å². The van der Waals surface area contributed by atoms with Gasteiger partial charge in [0.2, 0.25) is 0 Å². The van der Waals surface area contributed by atoms with Gasteiger partial charge in [-0.15, -0.1) is 0 Å². The van der Waals surface area contributed by atoms with Gasteiger partial charge < -0.3 is 14.6 Å². The summed E-state index contributed by atoms with van der Waals surface area (Å²) >= 11 is 0. The van der Waals surface area contributed by atoms with E-state index in [-0.39, 0.29) is 11.9 Å². The van der Waals surface area contributed by atoms with Gasteiger partial charge in [0.25, 0.3) is 5.91 Å². The van der Waals surface area contributed by atoms with Crippen molar-refractivity contribution in [3.05, 3.63) is 36.0 Å². The average molecular weight is 286 g/mol. The Morgan fingerprint density at radius 2 is 2.10 bits per heavy atom. The van der Waals surface area contributed by atoms with Gasteiger partial charge in [-0.3, -0.25) is 4.79 Å². The number of amides is 1. The van der Waals surface area contributed by atoms with Crippen molar-refractivity contribution in [2.75, 3.05) is 13.7 Å². The Labute approximate surface area is 122 Å². The number of benzene rings is 1. The van der Waals surface area contributed by atoms with E-state index < -0.39 is 6.04 Å². The lowest BCUT2D eigenvalue weighted by atomic mass is 10.0. The fourth-order valence-electron chi connectivity index (χ4n) is 2.90. The first-order chi connectivity index (χ1) is 10.2. The number of ether oxygens (including phenoxy) is 1. The first kappa shape index (κ1) is 13.7. The molecule has 0 saturated carbocycles. The van der Waals surface area contributed by atoms with E-state index in [2.05, 4.69) is 4.98 Å². The summed E-state index contributed by atoms with van der Waals surface area (Å²) in [6.45, 7) is 0.591. The number of para-hydroxylation sites is 1. The summed E-state index contributed by atoms with van der Waals surface area (Å²) in [6.07, 6.45) is 2.52. The van der Waals surface area contributed by atoms with Crippen molar-refractivity contribution < 1.29 is 14.3 Å². The lowest BCUT2D eigenvalue weighted by molar-refractivity contribution is -0.147. The van der Waals surface area contributed by atoms with Gasteiger partial charge in [0.1, 0.15) is 11.7 Å². The number of rotatable bonds is 2. The van der Waals surface area contributed by atoms with E-state index in [0.717, 1.165) is 23.7 Å². The number of carbonyl (C=O) groups is 2. The van der Waals surface area contributed by atoms with E-state index >= 15 is 0 Å². The molecule has 1 amide bonds. The van der Waals surface area contributed by atoms with Crippen LogP contribution < -0.4 is 0 Å². The van der Waals surface area contributed by atoms with E-state index in [4.69, 9.17) is 4.74 Å². The summed E-state index contributed by atoms with van der Waals surface area (Å²) in [5, 5.41) is 0.993. The molecular weight excluding hydrogens is 268 g/mol. The second-order valence-electron chi connectivity index (χ2n) is 5.30. The molecule has 1 aromatic carbocycles. The molecule has 2 heterocycles. The predicted octanol–water partition coefficient (Wildman–Crippen LogP) is 2.34. The van der Waals surface area contributed by atoms with Gasteiger partial charge >= 0.3 is 5.97 Å². The number of fused-ring (bicyclic) bond motifs is 1. The number of hydrogen-bond donors (Lipinski definition) is 1. The maximum atomic E-state index is 12.7. The zero-order valence-electron chi connectivity index (χ0n) is 12.0. The quantitative estimate of drug-likeness (QED) is 0.862. The molecule has 1 aliphatic rings. The molecule has 0 unspecified atom stereocenters. The standard InChI is InChI=1S/C16H18N2O3/c1-21-16(20)14-8-4-5-9-18(14)15(19)13-10-11-6-2-3-7-12(11)17-13/h2-3,6-7,10,14,17H,4-5,8-9H2,1H3/t14-/m0/s1. The van der Waals surface area contributed by atoms with Crippen LogP contribution in [0.15, 0.2) is 30.3 Å². The number of nitrogens with zero attached hydrogens (tertiary/aromatic N) is 1. The molecule has 1 atom stereocenters. The Hall–Kier alpha value is -2.30. The third kappa shape index (κ3) is 2.51. The summed E-state index contributed by atoms with van der Waals surface area (Å²) in [5.41, 5.74) is 1.44. The molecule has 3 rings (SSSR count). The Bertz CT molecular complexity index is 644. The Balaban J connectivity index is 1.90. The molecule has 1 aromatic heterocycles. The van der Waals surface area contributed by atoms with Crippen molar-refractivity contribution >= 4 is 22.8 Å². The van der Waals surface area contributed by atoms with Crippen LogP contribution in [0.5, 0.6) is 0 Å². The van der Waals surface area contributed by atoms with Crippen LogP contribution in [0.4, 0.5) is 0 Å². The normalized spacial score (nSPS) is 18.7. The predicted molar refractivity (Wildman–Crippen MR) is 79.0 cm³/mol. The van der Waals surface area contributed by atoms with E-state index in [9.17, 15) is 9.59 Å². The highest BCUT2D eigenvalue weighted by atomic mass is 16.5. The molecule has 0 aliphatic carbocycles. The monoisotopic (exact) mass is 286 g/mol. The van der Waals surface area contributed by atoms with Gasteiger partial charge in [-0.05, 0) is 31.4 Å². The van der Waals surface area contributed by atoms with E-state index in [0.29, 0.717) is 18.7 Å². The highest BCUT2D eigenvalue weighted by Crippen LogP contribution is 2.22. The zero-order valence-corrected chi connectivity index (χ0v) is 12.0. The zero-order chi connectivity index (χ0) is 14.8. The van der Waals surface area contributed by atoms with Crippen molar-refractivity contribution in [3.63, 3.8) is 0 Å². The average Bonchev–Trinajstić information content (AvgIpc) is 2.97. The van der Waals surface area contributed by atoms with Crippen LogP contribution in [-0.4, -0.2) is 41.5 Å². The fraction of sp³-hybridized carbons (Fsp3) is 0.375. The van der Waals surface area contributed by atoms with Gasteiger partial charge in [0, 0.05) is 17.4 Å². The molecular formula is C16H18N2O3. The molecule has 0 spiro atoms. The van der Waals surface area contributed by atoms with E-state index in [1.807, 2.05) is 30.3 Å². The van der Waals surface area contributed by atoms with Gasteiger partial charge in [0.05, 0.1) is 7.11 Å². The Kier molecular flexibility index (Phi) is 3.64. The van der Waals surface area contributed by atoms with Crippen LogP contribution in [0, 0.1) is 0 Å². The van der Waals surface area contributed by atoms with Crippen LogP contribution in [0.2, 0.25) is 0 Å². The highest BCUT2D eigenvalue weighted by Gasteiger charge is 2.33. The third-order valence-electron chi connectivity index (χ3n) is 4.00. The summed E-state index contributed by atoms with van der Waals surface area (Å²) in [7, 11) is 1.36. The van der Waals surface area contributed by atoms with Crippen molar-refractivity contribution in [3.8, 4) is 0 Å². The minimum atomic E-state index is -0.470. The maximum absolute atomic E-state index is 12.7. The minimum Gasteiger partial charge on any atom is -0.467 e. The summed E-state index contributed by atoms with van der Waals surface area (Å²) in [4.78, 5) is 29.3. The number of piperidine rings is 1. The number of methoxy groups -OCH3 is 1. The first-order valence-electron chi connectivity index (χ1n) is 7.17. The lowest BCUT2D eigenvalue weighted by Crippen LogP contribution is -2.48. The smallest absolute Gasteiger partial charge is 0.328 e. The molecule has 5 nitrogen and oxygen atoms in total. The summed E-state index contributed by atoms with van der Waals surface area (Å²) < 4.78 is 4.82. The second kappa shape index (κ2) is 5.60. The molecule has 0 radical (unpaired) electrons. The van der Waals surface area contributed by atoms with Crippen LogP contribution in [0.25, 0.3) is 10.9 Å². The molecule has 0 bridgehead atoms. The molecule has 1 saturated heterocycles. The van der Waals surface area contributed by atoms with E-state index in [1.165, 1.54) is 7.11 Å². The Morgan fingerprint density at radius 3 is 2.86 bits per heavy atom. The lowest BCUT2D eigenvalue weighted by Gasteiger charge is -2.33. The van der Waals surface area contributed by atoms with Gasteiger partial charge in [-0.25, -0.2) is 4.79 Å². The molecule has 1 N–H and O–H groups in total. The second-order valence-corrected chi connectivity index (χ2v) is 5.30. The third-order valence-corrected chi connectivity index (χ3v) is 4.00. The van der Waals surface area contributed by atoms with E-state index in [1.54, 1.807) is 4.90 Å². The van der Waals surface area contributed by atoms with Crippen LogP contribution in [0.1, 0.15) is 29.8 Å². The van der Waals surface area contributed by atoms with Crippen LogP contribution in [0.3, 0.4) is 0 Å². The molecule has 1 aliphatic heterocycles. The number of aromatic nitrogens is 1. The molecule has 110 valence electrons. The van der Waals surface area contributed by atoms with Gasteiger partial charge in [-0.1, -0.05) is 18.2 Å². The minimum absolute atomic E-state index is 0.138. The van der Waals surface area contributed by atoms with Crippen LogP contribution >= 0.6 is 0 Å². The molecule has 5 heteroatoms. The van der Waals surface area contributed by atoms with Gasteiger partial charge in [0.15, 0.2) is 0 Å². The number of nitrogens with one attached hydrogen (secondary N) is 1. The number of esters is 1. The highest BCUT2D eigenvalue weighted by molar-refractivity contribution is 5.99. The number of H-pyrrole nitrogens is 1. The number of aromatic amines is 1. The van der Waals surface area contributed by atoms with Crippen molar-refractivity contribution in [2.24, 2.45) is 0 Å². The largest absolute Gasteiger partial charge is 0.467 e. The van der Waals surface area contributed by atoms with Gasteiger partial charge in [-0.2, -0.15) is 0 Å². The fourth-order valence-corrected chi connectivity index (χ4v) is 2.90. The number of hydrogen-bond acceptors (Lipinski definition) is 3. The SMILES string of the molecule is COC(=O)[C@@H]1CCCCN1C(=O)c1cc2ccccc2[nH]1. The first-order valence-corrected chi connectivity index (χ1v) is 7.17. The summed E-state index contributed by atoms with van der Waals surface area (Å²) in [5.74, 6) is -0.472.